The molecule has 0 aliphatic carbocycles. The molecule has 2 aromatic rings. The molecule has 35 heavy (non-hydrogen) atoms. The molecule has 1 amide bonds. The summed E-state index contributed by atoms with van der Waals surface area (Å²) < 4.78 is 37.2. The third-order valence-electron chi connectivity index (χ3n) is 7.50. The van der Waals surface area contributed by atoms with E-state index in [1.54, 1.807) is 4.31 Å². The zero-order valence-electron chi connectivity index (χ0n) is 21.7. The van der Waals surface area contributed by atoms with Gasteiger partial charge in [-0.25, -0.2) is 8.42 Å². The Labute approximate surface area is 210 Å². The van der Waals surface area contributed by atoms with Crippen LogP contribution in [-0.4, -0.2) is 60.4 Å². The van der Waals surface area contributed by atoms with Crippen molar-refractivity contribution >= 4 is 15.9 Å². The molecule has 0 spiro atoms. The van der Waals surface area contributed by atoms with Gasteiger partial charge in [-0.1, -0.05) is 31.0 Å². The summed E-state index contributed by atoms with van der Waals surface area (Å²) in [5, 5.41) is 0. The average molecular weight is 502 g/mol. The van der Waals surface area contributed by atoms with Gasteiger partial charge in [0, 0.05) is 37.1 Å². The van der Waals surface area contributed by atoms with Gasteiger partial charge in [0.15, 0.2) is 0 Å². The maximum atomic E-state index is 13.7. The number of fused-ring (bicyclic) bond motifs is 1. The summed E-state index contributed by atoms with van der Waals surface area (Å²) >= 11 is 0. The Morgan fingerprint density at radius 3 is 2.43 bits per heavy atom. The van der Waals surface area contributed by atoms with Crippen molar-refractivity contribution in [2.75, 3.05) is 26.3 Å². The number of hydrogen-bond acceptors (Lipinski definition) is 4. The standard InChI is InChI=1S/C27H39N3O4S/c1-6-24-25-11-10-22(5)28(25)13-14-29(24)26(31)18-34-17-23-9-7-8-12-30(23)35(32,33)27-20(3)15-19(2)16-21(27)4/h10-11,15-16,23-24H,6-9,12-14,17-18H2,1-5H3. The van der Waals surface area contributed by atoms with Crippen molar-refractivity contribution in [2.45, 2.75) is 83.8 Å². The Morgan fingerprint density at radius 2 is 1.74 bits per heavy atom. The molecule has 1 aromatic heterocycles. The van der Waals surface area contributed by atoms with E-state index < -0.39 is 10.0 Å². The van der Waals surface area contributed by atoms with E-state index in [0.717, 1.165) is 48.9 Å². The summed E-state index contributed by atoms with van der Waals surface area (Å²) in [6.45, 7) is 12.1. The molecule has 2 aliphatic heterocycles. The minimum absolute atomic E-state index is 0.0246. The van der Waals surface area contributed by atoms with Gasteiger partial charge in [-0.05, 0) is 70.2 Å². The van der Waals surface area contributed by atoms with Crippen LogP contribution >= 0.6 is 0 Å². The monoisotopic (exact) mass is 501 g/mol. The number of rotatable bonds is 7. The Hall–Kier alpha value is -2.16. The first-order valence-electron chi connectivity index (χ1n) is 12.8. The molecule has 7 nitrogen and oxygen atoms in total. The molecule has 0 bridgehead atoms. The largest absolute Gasteiger partial charge is 0.370 e. The second-order valence-electron chi connectivity index (χ2n) is 10.1. The number of aromatic nitrogens is 1. The van der Waals surface area contributed by atoms with Gasteiger partial charge in [-0.2, -0.15) is 4.31 Å². The molecule has 4 rings (SSSR count). The predicted octanol–water partition coefficient (Wildman–Crippen LogP) is 4.28. The van der Waals surface area contributed by atoms with E-state index in [9.17, 15) is 13.2 Å². The number of amides is 1. The topological polar surface area (TPSA) is 71.8 Å². The van der Waals surface area contributed by atoms with Crippen LogP contribution in [0.1, 0.15) is 66.7 Å². The summed E-state index contributed by atoms with van der Waals surface area (Å²) in [6, 6.07) is 7.86. The number of ether oxygens (including phenoxy) is 1. The highest BCUT2D eigenvalue weighted by molar-refractivity contribution is 7.89. The zero-order valence-corrected chi connectivity index (χ0v) is 22.5. The van der Waals surface area contributed by atoms with Gasteiger partial charge in [0.1, 0.15) is 6.61 Å². The van der Waals surface area contributed by atoms with Crippen LogP contribution in [0.4, 0.5) is 0 Å². The molecule has 3 heterocycles. The van der Waals surface area contributed by atoms with Crippen LogP contribution in [0, 0.1) is 27.7 Å². The molecule has 1 aromatic carbocycles. The van der Waals surface area contributed by atoms with Crippen molar-refractivity contribution in [1.82, 2.24) is 13.8 Å². The zero-order chi connectivity index (χ0) is 25.3. The van der Waals surface area contributed by atoms with E-state index >= 15 is 0 Å². The summed E-state index contributed by atoms with van der Waals surface area (Å²) in [5.41, 5.74) is 5.01. The molecule has 192 valence electrons. The Morgan fingerprint density at radius 1 is 1.03 bits per heavy atom. The molecule has 0 saturated carbocycles. The second kappa shape index (κ2) is 10.4. The third-order valence-corrected chi connectivity index (χ3v) is 9.76. The fraction of sp³-hybridized carbons (Fsp3) is 0.593. The Bertz CT molecular complexity index is 1160. The van der Waals surface area contributed by atoms with Gasteiger partial charge < -0.3 is 14.2 Å². The van der Waals surface area contributed by atoms with Crippen LogP contribution in [0.15, 0.2) is 29.2 Å². The maximum Gasteiger partial charge on any atom is 0.249 e. The Kier molecular flexibility index (Phi) is 7.74. The lowest BCUT2D eigenvalue weighted by atomic mass is 10.1. The number of benzene rings is 1. The van der Waals surface area contributed by atoms with Crippen molar-refractivity contribution in [1.29, 1.82) is 0 Å². The molecule has 1 saturated heterocycles. The number of nitrogens with zero attached hydrogens (tertiary/aromatic N) is 3. The highest BCUT2D eigenvalue weighted by Gasteiger charge is 2.36. The van der Waals surface area contributed by atoms with Crippen LogP contribution in [-0.2, 0) is 26.1 Å². The molecule has 1 fully saturated rings. The molecular weight excluding hydrogens is 462 g/mol. The number of piperidine rings is 1. The SMILES string of the molecule is CCC1c2ccc(C)n2CCN1C(=O)COCC1CCCCN1S(=O)(=O)c1c(C)cc(C)cc1C. The first-order chi connectivity index (χ1) is 16.6. The van der Waals surface area contributed by atoms with E-state index in [1.165, 1.54) is 11.4 Å². The van der Waals surface area contributed by atoms with E-state index in [4.69, 9.17) is 4.74 Å². The van der Waals surface area contributed by atoms with Gasteiger partial charge >= 0.3 is 0 Å². The molecule has 0 radical (unpaired) electrons. The molecule has 2 atom stereocenters. The lowest BCUT2D eigenvalue weighted by Crippen LogP contribution is -2.47. The van der Waals surface area contributed by atoms with Gasteiger partial charge in [-0.15, -0.1) is 0 Å². The fourth-order valence-electron chi connectivity index (χ4n) is 5.95. The van der Waals surface area contributed by atoms with Gasteiger partial charge in [0.2, 0.25) is 15.9 Å². The van der Waals surface area contributed by atoms with Gasteiger partial charge in [0.25, 0.3) is 0 Å². The fourth-order valence-corrected chi connectivity index (χ4v) is 8.04. The van der Waals surface area contributed by atoms with Crippen molar-refractivity contribution < 1.29 is 17.9 Å². The highest BCUT2D eigenvalue weighted by atomic mass is 32.2. The lowest BCUT2D eigenvalue weighted by Gasteiger charge is -2.37. The number of hydrogen-bond donors (Lipinski definition) is 0. The number of aryl methyl sites for hydroxylation is 4. The molecule has 2 aliphatic rings. The number of carbonyl (C=O) groups is 1. The average Bonchev–Trinajstić information content (AvgIpc) is 3.18. The molecule has 0 N–H and O–H groups in total. The first-order valence-corrected chi connectivity index (χ1v) is 14.2. The smallest absolute Gasteiger partial charge is 0.249 e. The summed E-state index contributed by atoms with van der Waals surface area (Å²) in [7, 11) is -3.65. The minimum Gasteiger partial charge on any atom is -0.370 e. The normalized spacial score (nSPS) is 21.2. The van der Waals surface area contributed by atoms with Crippen LogP contribution in [0.3, 0.4) is 0 Å². The van der Waals surface area contributed by atoms with E-state index in [1.807, 2.05) is 37.8 Å². The van der Waals surface area contributed by atoms with Crippen LogP contribution in [0.2, 0.25) is 0 Å². The number of carbonyl (C=O) groups excluding carboxylic acids is 1. The Balaban J connectivity index is 1.43. The van der Waals surface area contributed by atoms with Crippen LogP contribution < -0.4 is 0 Å². The summed E-state index contributed by atoms with van der Waals surface area (Å²) in [6.07, 6.45) is 3.38. The first kappa shape index (κ1) is 25.9. The second-order valence-corrected chi connectivity index (χ2v) is 11.9. The maximum absolute atomic E-state index is 13.7. The van der Waals surface area contributed by atoms with Crippen LogP contribution in [0.25, 0.3) is 0 Å². The van der Waals surface area contributed by atoms with Gasteiger partial charge in [0.05, 0.1) is 17.5 Å². The third kappa shape index (κ3) is 5.06. The molecule has 2 unspecified atom stereocenters. The van der Waals surface area contributed by atoms with E-state index in [2.05, 4.69) is 30.5 Å². The van der Waals surface area contributed by atoms with Crippen molar-refractivity contribution in [3.05, 3.63) is 52.3 Å². The van der Waals surface area contributed by atoms with Gasteiger partial charge in [-0.3, -0.25) is 4.79 Å². The minimum atomic E-state index is -3.65. The predicted molar refractivity (Wildman–Crippen MR) is 137 cm³/mol. The highest BCUT2D eigenvalue weighted by Crippen LogP contribution is 2.32. The van der Waals surface area contributed by atoms with E-state index in [-0.39, 0.29) is 31.2 Å². The van der Waals surface area contributed by atoms with E-state index in [0.29, 0.717) is 18.0 Å². The molecule has 8 heteroatoms. The summed E-state index contributed by atoms with van der Waals surface area (Å²) in [5.74, 6) is -0.0302. The molecular formula is C27H39N3O4S. The van der Waals surface area contributed by atoms with Crippen LogP contribution in [0.5, 0.6) is 0 Å². The lowest BCUT2D eigenvalue weighted by molar-refractivity contribution is -0.140. The van der Waals surface area contributed by atoms with Crippen molar-refractivity contribution in [3.63, 3.8) is 0 Å². The summed E-state index contributed by atoms with van der Waals surface area (Å²) in [4.78, 5) is 15.4. The van der Waals surface area contributed by atoms with Crippen molar-refractivity contribution in [2.24, 2.45) is 0 Å². The number of sulfonamides is 1. The quantitative estimate of drug-likeness (QED) is 0.568. The van der Waals surface area contributed by atoms with Crippen molar-refractivity contribution in [3.8, 4) is 0 Å².